The summed E-state index contributed by atoms with van der Waals surface area (Å²) in [4.78, 5) is 16.7. The molecule has 0 radical (unpaired) electrons. The minimum Gasteiger partial charge on any atom is -0.489 e. The van der Waals surface area contributed by atoms with Crippen molar-refractivity contribution in [1.82, 2.24) is 9.80 Å². The SMILES string of the molecule is CN1C(=S)N(C2CCCCC2)C(=O)/C1=C/c1ccc(OCc2ccccc2)cc1. The van der Waals surface area contributed by atoms with Crippen LogP contribution in [0.1, 0.15) is 43.2 Å². The average Bonchev–Trinajstić information content (AvgIpc) is 2.98. The molecule has 4 nitrogen and oxygen atoms in total. The summed E-state index contributed by atoms with van der Waals surface area (Å²) in [6, 6.07) is 18.1. The lowest BCUT2D eigenvalue weighted by Gasteiger charge is -2.30. The number of hydrogen-bond donors (Lipinski definition) is 0. The van der Waals surface area contributed by atoms with Gasteiger partial charge in [0.15, 0.2) is 5.11 Å². The molecule has 150 valence electrons. The quantitative estimate of drug-likeness (QED) is 0.517. The van der Waals surface area contributed by atoms with Gasteiger partial charge in [-0.1, -0.05) is 61.7 Å². The molecule has 0 unspecified atom stereocenters. The molecule has 0 atom stereocenters. The van der Waals surface area contributed by atoms with E-state index >= 15 is 0 Å². The van der Waals surface area contributed by atoms with Gasteiger partial charge in [0.1, 0.15) is 18.1 Å². The third kappa shape index (κ3) is 4.35. The summed E-state index contributed by atoms with van der Waals surface area (Å²) in [6.45, 7) is 0.535. The highest BCUT2D eigenvalue weighted by Gasteiger charge is 2.40. The Balaban J connectivity index is 1.45. The minimum absolute atomic E-state index is 0.0220. The molecule has 4 rings (SSSR count). The summed E-state index contributed by atoms with van der Waals surface area (Å²) in [7, 11) is 1.88. The lowest BCUT2D eigenvalue weighted by Crippen LogP contribution is -2.41. The molecule has 2 aromatic carbocycles. The number of ether oxygens (including phenoxy) is 1. The molecule has 2 aromatic rings. The minimum atomic E-state index is 0.0220. The van der Waals surface area contributed by atoms with Crippen molar-refractivity contribution in [3.63, 3.8) is 0 Å². The summed E-state index contributed by atoms with van der Waals surface area (Å²) < 4.78 is 5.85. The maximum atomic E-state index is 13.1. The Labute approximate surface area is 177 Å². The highest BCUT2D eigenvalue weighted by Crippen LogP contribution is 2.30. The van der Waals surface area contributed by atoms with Crippen LogP contribution in [0.5, 0.6) is 5.75 Å². The Morgan fingerprint density at radius 3 is 2.41 bits per heavy atom. The van der Waals surface area contributed by atoms with E-state index in [1.807, 2.05) is 77.5 Å². The van der Waals surface area contributed by atoms with Crippen molar-refractivity contribution >= 4 is 29.3 Å². The number of nitrogens with zero attached hydrogens (tertiary/aromatic N) is 2. The summed E-state index contributed by atoms with van der Waals surface area (Å²) in [5.41, 5.74) is 2.73. The molecule has 0 N–H and O–H groups in total. The van der Waals surface area contributed by atoms with E-state index < -0.39 is 0 Å². The van der Waals surface area contributed by atoms with Gasteiger partial charge in [-0.3, -0.25) is 9.69 Å². The molecule has 1 aliphatic carbocycles. The highest BCUT2D eigenvalue weighted by atomic mass is 32.1. The van der Waals surface area contributed by atoms with Crippen LogP contribution in [-0.2, 0) is 11.4 Å². The van der Waals surface area contributed by atoms with E-state index in [9.17, 15) is 4.79 Å². The zero-order valence-corrected chi connectivity index (χ0v) is 17.5. The molecule has 0 spiro atoms. The van der Waals surface area contributed by atoms with Crippen LogP contribution in [0.2, 0.25) is 0 Å². The fraction of sp³-hybridized carbons (Fsp3) is 0.333. The molecule has 1 amide bonds. The normalized spacial score (nSPS) is 19.3. The zero-order chi connectivity index (χ0) is 20.2. The van der Waals surface area contributed by atoms with Crippen LogP contribution in [0.15, 0.2) is 60.3 Å². The molecule has 1 aliphatic heterocycles. The van der Waals surface area contributed by atoms with Crippen molar-refractivity contribution in [3.8, 4) is 5.75 Å². The third-order valence-electron chi connectivity index (χ3n) is 5.66. The molecule has 0 bridgehead atoms. The molecular formula is C24H26N2O2S. The van der Waals surface area contributed by atoms with E-state index in [4.69, 9.17) is 17.0 Å². The van der Waals surface area contributed by atoms with Gasteiger partial charge in [0, 0.05) is 13.1 Å². The number of carbonyl (C=O) groups is 1. The maximum absolute atomic E-state index is 13.1. The van der Waals surface area contributed by atoms with Gasteiger partial charge in [0.2, 0.25) is 0 Å². The van der Waals surface area contributed by atoms with E-state index in [0.717, 1.165) is 29.7 Å². The Hall–Kier alpha value is -2.66. The molecule has 0 aromatic heterocycles. The van der Waals surface area contributed by atoms with Crippen molar-refractivity contribution in [2.75, 3.05) is 7.05 Å². The second-order valence-electron chi connectivity index (χ2n) is 7.68. The lowest BCUT2D eigenvalue weighted by molar-refractivity contribution is -0.124. The molecule has 29 heavy (non-hydrogen) atoms. The summed E-state index contributed by atoms with van der Waals surface area (Å²) in [5, 5.41) is 0.621. The van der Waals surface area contributed by atoms with E-state index in [-0.39, 0.29) is 11.9 Å². The monoisotopic (exact) mass is 406 g/mol. The number of hydrogen-bond acceptors (Lipinski definition) is 3. The van der Waals surface area contributed by atoms with Crippen LogP contribution < -0.4 is 4.74 Å². The standard InChI is InChI=1S/C24H26N2O2S/c1-25-22(23(27)26(24(25)29)20-10-6-3-7-11-20)16-18-12-14-21(15-13-18)28-17-19-8-4-2-5-9-19/h2,4-5,8-9,12-16,20H,3,6-7,10-11,17H2,1H3/b22-16-. The van der Waals surface area contributed by atoms with Gasteiger partial charge in [0.25, 0.3) is 5.91 Å². The lowest BCUT2D eigenvalue weighted by atomic mass is 9.94. The van der Waals surface area contributed by atoms with E-state index in [0.29, 0.717) is 17.4 Å². The van der Waals surface area contributed by atoms with Crippen LogP contribution in [0.3, 0.4) is 0 Å². The first-order valence-corrected chi connectivity index (χ1v) is 10.6. The van der Waals surface area contributed by atoms with Crippen LogP contribution in [-0.4, -0.2) is 33.9 Å². The smallest absolute Gasteiger partial charge is 0.277 e. The van der Waals surface area contributed by atoms with Gasteiger partial charge < -0.3 is 9.64 Å². The molecule has 1 saturated carbocycles. The fourth-order valence-corrected chi connectivity index (χ4v) is 4.33. The first-order chi connectivity index (χ1) is 14.1. The maximum Gasteiger partial charge on any atom is 0.277 e. The first kappa shape index (κ1) is 19.6. The summed E-state index contributed by atoms with van der Waals surface area (Å²) in [6.07, 6.45) is 7.59. The van der Waals surface area contributed by atoms with E-state index in [1.165, 1.54) is 19.3 Å². The number of likely N-dealkylation sites (N-methyl/N-ethyl adjacent to an activating group) is 1. The number of rotatable bonds is 5. The third-order valence-corrected chi connectivity index (χ3v) is 6.13. The van der Waals surface area contributed by atoms with Crippen LogP contribution in [0.4, 0.5) is 0 Å². The van der Waals surface area contributed by atoms with Crippen molar-refractivity contribution in [3.05, 3.63) is 71.4 Å². The molecule has 2 aliphatic rings. The van der Waals surface area contributed by atoms with Crippen LogP contribution in [0.25, 0.3) is 6.08 Å². The van der Waals surface area contributed by atoms with E-state index in [1.54, 1.807) is 0 Å². The zero-order valence-electron chi connectivity index (χ0n) is 16.7. The van der Waals surface area contributed by atoms with Gasteiger partial charge >= 0.3 is 0 Å². The van der Waals surface area contributed by atoms with Crippen LogP contribution >= 0.6 is 12.2 Å². The molecule has 1 heterocycles. The van der Waals surface area contributed by atoms with Crippen molar-refractivity contribution in [2.45, 2.75) is 44.8 Å². The van der Waals surface area contributed by atoms with Gasteiger partial charge in [-0.2, -0.15) is 0 Å². The van der Waals surface area contributed by atoms with Gasteiger partial charge in [-0.05, 0) is 54.4 Å². The van der Waals surface area contributed by atoms with Gasteiger partial charge in [0.05, 0.1) is 0 Å². The Morgan fingerprint density at radius 2 is 1.72 bits per heavy atom. The predicted octanol–water partition coefficient (Wildman–Crippen LogP) is 5.00. The molecule has 1 saturated heterocycles. The Kier molecular flexibility index (Phi) is 5.95. The Bertz CT molecular complexity index is 902. The summed E-state index contributed by atoms with van der Waals surface area (Å²) >= 11 is 5.59. The second-order valence-corrected chi connectivity index (χ2v) is 8.05. The second kappa shape index (κ2) is 8.78. The topological polar surface area (TPSA) is 32.8 Å². The first-order valence-electron chi connectivity index (χ1n) is 10.2. The Morgan fingerprint density at radius 1 is 1.03 bits per heavy atom. The number of benzene rings is 2. The van der Waals surface area contributed by atoms with E-state index in [2.05, 4.69) is 0 Å². The summed E-state index contributed by atoms with van der Waals surface area (Å²) in [5.74, 6) is 0.829. The molecular weight excluding hydrogens is 380 g/mol. The average molecular weight is 407 g/mol. The number of thiocarbonyl (C=S) groups is 1. The van der Waals surface area contributed by atoms with Crippen LogP contribution in [0, 0.1) is 0 Å². The predicted molar refractivity (Wildman–Crippen MR) is 119 cm³/mol. The van der Waals surface area contributed by atoms with Crippen molar-refractivity contribution < 1.29 is 9.53 Å². The number of amides is 1. The van der Waals surface area contributed by atoms with Crippen molar-refractivity contribution in [2.24, 2.45) is 0 Å². The van der Waals surface area contributed by atoms with Gasteiger partial charge in [-0.15, -0.1) is 0 Å². The van der Waals surface area contributed by atoms with Gasteiger partial charge in [-0.25, -0.2) is 0 Å². The highest BCUT2D eigenvalue weighted by molar-refractivity contribution is 7.80. The van der Waals surface area contributed by atoms with Crippen molar-refractivity contribution in [1.29, 1.82) is 0 Å². The molecule has 2 fully saturated rings. The largest absolute Gasteiger partial charge is 0.489 e. The fourth-order valence-electron chi connectivity index (χ4n) is 4.00. The number of carbonyl (C=O) groups excluding carboxylic acids is 1. The molecule has 5 heteroatoms.